The van der Waals surface area contributed by atoms with Crippen molar-refractivity contribution in [2.24, 2.45) is 11.3 Å². The quantitative estimate of drug-likeness (QED) is 0.694. The van der Waals surface area contributed by atoms with Gasteiger partial charge < -0.3 is 15.7 Å². The van der Waals surface area contributed by atoms with Crippen molar-refractivity contribution in [1.82, 2.24) is 5.32 Å². The lowest BCUT2D eigenvalue weighted by Crippen LogP contribution is -2.31. The van der Waals surface area contributed by atoms with Crippen LogP contribution in [0.1, 0.15) is 37.0 Å². The van der Waals surface area contributed by atoms with Gasteiger partial charge in [-0.15, -0.1) is 0 Å². The lowest BCUT2D eigenvalue weighted by Gasteiger charge is -2.13. The molecule has 0 radical (unpaired) electrons. The minimum Gasteiger partial charge on any atom is -0.480 e. The van der Waals surface area contributed by atoms with E-state index in [1.165, 1.54) is 18.2 Å². The minimum atomic E-state index is -1.32. The number of rotatable bonds is 6. The third kappa shape index (κ3) is 3.82. The summed E-state index contributed by atoms with van der Waals surface area (Å²) >= 11 is 6.09. The number of nitrogens with one attached hydrogen (secondary N) is 2. The Kier molecular flexibility index (Phi) is 4.94. The molecule has 1 fully saturated rings. The number of benzene rings is 1. The van der Waals surface area contributed by atoms with Gasteiger partial charge in [-0.1, -0.05) is 25.4 Å². The summed E-state index contributed by atoms with van der Waals surface area (Å²) in [6, 6.07) is 4.49. The van der Waals surface area contributed by atoms with Crippen LogP contribution in [0.2, 0.25) is 5.02 Å². The first-order valence-corrected chi connectivity index (χ1v) is 7.76. The van der Waals surface area contributed by atoms with E-state index in [-0.39, 0.29) is 10.9 Å². The molecule has 0 saturated heterocycles. The second-order valence-corrected chi connectivity index (χ2v) is 6.55. The molecule has 0 heterocycles. The third-order valence-electron chi connectivity index (χ3n) is 3.74. The van der Waals surface area contributed by atoms with E-state index in [4.69, 9.17) is 16.7 Å². The Morgan fingerprint density at radius 1 is 1.30 bits per heavy atom. The average molecular weight is 339 g/mol. The van der Waals surface area contributed by atoms with Crippen LogP contribution < -0.4 is 10.6 Å². The molecule has 0 unspecified atom stereocenters. The van der Waals surface area contributed by atoms with Gasteiger partial charge in [-0.3, -0.25) is 14.4 Å². The van der Waals surface area contributed by atoms with Crippen molar-refractivity contribution in [2.45, 2.75) is 26.7 Å². The number of carboxylic acids is 1. The van der Waals surface area contributed by atoms with Crippen molar-refractivity contribution in [3.8, 4) is 0 Å². The number of anilines is 1. The number of hydrogen-bond acceptors (Lipinski definition) is 3. The van der Waals surface area contributed by atoms with E-state index in [0.29, 0.717) is 36.6 Å². The Balaban J connectivity index is 2.06. The normalized spacial score (nSPS) is 15.1. The number of carbonyl (C=O) groups is 3. The van der Waals surface area contributed by atoms with Crippen molar-refractivity contribution in [3.63, 3.8) is 0 Å². The number of carboxylic acid groups (broad SMARTS) is 1. The SMILES string of the molecule is CC(C)CNC(=O)c1ccc(NC(=O)C2(C(=O)O)CC2)cc1Cl. The Hall–Kier alpha value is -2.08. The summed E-state index contributed by atoms with van der Waals surface area (Å²) in [5.74, 6) is -1.64. The largest absolute Gasteiger partial charge is 0.480 e. The summed E-state index contributed by atoms with van der Waals surface area (Å²) in [7, 11) is 0. The molecule has 0 bridgehead atoms. The second kappa shape index (κ2) is 6.58. The van der Waals surface area contributed by atoms with Gasteiger partial charge in [0.2, 0.25) is 5.91 Å². The van der Waals surface area contributed by atoms with Crippen LogP contribution in [-0.2, 0) is 9.59 Å². The van der Waals surface area contributed by atoms with Crippen molar-refractivity contribution < 1.29 is 19.5 Å². The summed E-state index contributed by atoms with van der Waals surface area (Å²) < 4.78 is 0. The van der Waals surface area contributed by atoms with E-state index < -0.39 is 17.3 Å². The van der Waals surface area contributed by atoms with Crippen LogP contribution in [0.25, 0.3) is 0 Å². The van der Waals surface area contributed by atoms with Crippen LogP contribution in [0.3, 0.4) is 0 Å². The molecule has 6 nitrogen and oxygen atoms in total. The van der Waals surface area contributed by atoms with Gasteiger partial charge in [0.05, 0.1) is 10.6 Å². The van der Waals surface area contributed by atoms with Crippen LogP contribution >= 0.6 is 11.6 Å². The molecule has 1 aliphatic carbocycles. The second-order valence-electron chi connectivity index (χ2n) is 6.14. The lowest BCUT2D eigenvalue weighted by molar-refractivity contribution is -0.147. The third-order valence-corrected chi connectivity index (χ3v) is 4.05. The van der Waals surface area contributed by atoms with Crippen LogP contribution in [0, 0.1) is 11.3 Å². The number of amides is 2. The molecule has 0 atom stereocenters. The molecule has 2 rings (SSSR count). The topological polar surface area (TPSA) is 95.5 Å². The Labute approximate surface area is 139 Å². The van der Waals surface area contributed by atoms with E-state index in [1.54, 1.807) is 0 Å². The lowest BCUT2D eigenvalue weighted by atomic mass is 10.1. The maximum atomic E-state index is 12.0. The summed E-state index contributed by atoms with van der Waals surface area (Å²) in [5, 5.41) is 14.6. The highest BCUT2D eigenvalue weighted by Crippen LogP contribution is 2.46. The molecule has 1 aliphatic rings. The molecule has 124 valence electrons. The first kappa shape index (κ1) is 17.3. The first-order valence-electron chi connectivity index (χ1n) is 7.39. The molecule has 0 spiro atoms. The molecule has 3 N–H and O–H groups in total. The highest BCUT2D eigenvalue weighted by atomic mass is 35.5. The van der Waals surface area contributed by atoms with Crippen LogP contribution in [-0.4, -0.2) is 29.4 Å². The van der Waals surface area contributed by atoms with Gasteiger partial charge in [-0.05, 0) is 37.0 Å². The van der Waals surface area contributed by atoms with E-state index in [1.807, 2.05) is 13.8 Å². The molecule has 0 aliphatic heterocycles. The van der Waals surface area contributed by atoms with Gasteiger partial charge in [0.15, 0.2) is 0 Å². The minimum absolute atomic E-state index is 0.198. The van der Waals surface area contributed by atoms with Crippen LogP contribution in [0.15, 0.2) is 18.2 Å². The average Bonchev–Trinajstić information content (AvgIpc) is 3.26. The number of hydrogen-bond donors (Lipinski definition) is 3. The molecule has 7 heteroatoms. The molecule has 1 aromatic carbocycles. The predicted molar refractivity (Wildman–Crippen MR) is 86.6 cm³/mol. The number of carbonyl (C=O) groups excluding carboxylic acids is 2. The van der Waals surface area contributed by atoms with E-state index in [9.17, 15) is 14.4 Å². The van der Waals surface area contributed by atoms with Gasteiger partial charge in [0, 0.05) is 12.2 Å². The zero-order valence-corrected chi connectivity index (χ0v) is 13.7. The summed E-state index contributed by atoms with van der Waals surface area (Å²) in [6.45, 7) is 4.50. The molecule has 23 heavy (non-hydrogen) atoms. The Morgan fingerprint density at radius 3 is 2.43 bits per heavy atom. The van der Waals surface area contributed by atoms with Crippen LogP contribution in [0.4, 0.5) is 5.69 Å². The molecular formula is C16H19ClN2O4. The fourth-order valence-corrected chi connectivity index (χ4v) is 2.35. The molecule has 2 amide bonds. The fraction of sp³-hybridized carbons (Fsp3) is 0.438. The van der Waals surface area contributed by atoms with Crippen molar-refractivity contribution in [3.05, 3.63) is 28.8 Å². The van der Waals surface area contributed by atoms with Crippen molar-refractivity contribution in [1.29, 1.82) is 0 Å². The van der Waals surface area contributed by atoms with Gasteiger partial charge in [0.25, 0.3) is 5.91 Å². The van der Waals surface area contributed by atoms with Gasteiger partial charge >= 0.3 is 5.97 Å². The standard InChI is InChI=1S/C16H19ClN2O4/c1-9(2)8-18-13(20)11-4-3-10(7-12(11)17)19-14(21)16(5-6-16)15(22)23/h3-4,7,9H,5-6,8H2,1-2H3,(H,18,20)(H,19,21)(H,22,23). The van der Waals surface area contributed by atoms with Crippen LogP contribution in [0.5, 0.6) is 0 Å². The highest BCUT2D eigenvalue weighted by Gasteiger charge is 2.57. The highest BCUT2D eigenvalue weighted by molar-refractivity contribution is 6.34. The summed E-state index contributed by atoms with van der Waals surface area (Å²) in [4.78, 5) is 35.1. The van der Waals surface area contributed by atoms with Gasteiger partial charge in [-0.2, -0.15) is 0 Å². The van der Waals surface area contributed by atoms with Gasteiger partial charge in [-0.25, -0.2) is 0 Å². The zero-order valence-electron chi connectivity index (χ0n) is 13.0. The zero-order chi connectivity index (χ0) is 17.2. The van der Waals surface area contributed by atoms with E-state index in [2.05, 4.69) is 10.6 Å². The van der Waals surface area contributed by atoms with Gasteiger partial charge in [0.1, 0.15) is 5.41 Å². The monoisotopic (exact) mass is 338 g/mol. The molecule has 0 aromatic heterocycles. The molecule has 1 saturated carbocycles. The Morgan fingerprint density at radius 2 is 1.96 bits per heavy atom. The first-order chi connectivity index (χ1) is 10.8. The van der Waals surface area contributed by atoms with Crippen molar-refractivity contribution in [2.75, 3.05) is 11.9 Å². The summed E-state index contributed by atoms with van der Waals surface area (Å²) in [5.41, 5.74) is -0.641. The van der Waals surface area contributed by atoms with E-state index in [0.717, 1.165) is 0 Å². The number of halogens is 1. The fourth-order valence-electron chi connectivity index (χ4n) is 2.08. The van der Waals surface area contributed by atoms with Crippen molar-refractivity contribution >= 4 is 35.1 Å². The maximum absolute atomic E-state index is 12.0. The Bertz CT molecular complexity index is 653. The maximum Gasteiger partial charge on any atom is 0.319 e. The number of aliphatic carboxylic acids is 1. The van der Waals surface area contributed by atoms with E-state index >= 15 is 0 Å². The molecule has 1 aromatic rings. The summed E-state index contributed by atoms with van der Waals surface area (Å²) in [6.07, 6.45) is 0.662. The smallest absolute Gasteiger partial charge is 0.319 e. The predicted octanol–water partition coefficient (Wildman–Crippen LogP) is 2.53. The molecular weight excluding hydrogens is 320 g/mol.